The van der Waals surface area contributed by atoms with Crippen molar-refractivity contribution in [3.63, 3.8) is 0 Å². The molecule has 2 bridgehead atoms. The first-order valence-corrected chi connectivity index (χ1v) is 4.83. The summed E-state index contributed by atoms with van der Waals surface area (Å²) in [5, 5.41) is 8.53. The third kappa shape index (κ3) is 1.50. The van der Waals surface area contributed by atoms with Crippen LogP contribution in [0.2, 0.25) is 0 Å². The van der Waals surface area contributed by atoms with Gasteiger partial charge in [0.15, 0.2) is 0 Å². The Balaban J connectivity index is 2.05. The molecule has 0 amide bonds. The number of hydrogen-bond donors (Lipinski definition) is 2. The van der Waals surface area contributed by atoms with Crippen LogP contribution in [0.5, 0.6) is 0 Å². The van der Waals surface area contributed by atoms with Gasteiger partial charge in [-0.05, 0) is 37.5 Å². The van der Waals surface area contributed by atoms with Crippen LogP contribution < -0.4 is 5.73 Å². The fraction of sp³-hybridized carbons (Fsp3) is 0.889. The molecule has 2 unspecified atom stereocenters. The maximum absolute atomic E-state index is 10.4. The molecule has 3 fully saturated rings. The SMILES string of the molecule is NC1C2CCC(CC2)C1OC(=O)O. The number of nitrogens with two attached hydrogens (primary N) is 1. The summed E-state index contributed by atoms with van der Waals surface area (Å²) in [5.74, 6) is 0.852. The van der Waals surface area contributed by atoms with Crippen molar-refractivity contribution in [1.82, 2.24) is 0 Å². The van der Waals surface area contributed by atoms with E-state index in [9.17, 15) is 4.79 Å². The van der Waals surface area contributed by atoms with Gasteiger partial charge in [0.25, 0.3) is 0 Å². The summed E-state index contributed by atoms with van der Waals surface area (Å²) >= 11 is 0. The number of carbonyl (C=O) groups is 1. The van der Waals surface area contributed by atoms with Crippen LogP contribution in [0.25, 0.3) is 0 Å². The Morgan fingerprint density at radius 2 is 1.77 bits per heavy atom. The van der Waals surface area contributed by atoms with Gasteiger partial charge in [0.2, 0.25) is 0 Å². The van der Waals surface area contributed by atoms with E-state index in [4.69, 9.17) is 15.6 Å². The van der Waals surface area contributed by atoms with E-state index in [1.54, 1.807) is 0 Å². The Hall–Kier alpha value is -0.770. The topological polar surface area (TPSA) is 72.5 Å². The zero-order chi connectivity index (χ0) is 9.42. The monoisotopic (exact) mass is 185 g/mol. The van der Waals surface area contributed by atoms with Crippen LogP contribution in [0.4, 0.5) is 4.79 Å². The Kier molecular flexibility index (Phi) is 2.15. The summed E-state index contributed by atoms with van der Waals surface area (Å²) in [7, 11) is 0. The van der Waals surface area contributed by atoms with E-state index in [0.29, 0.717) is 11.8 Å². The smallest absolute Gasteiger partial charge is 0.450 e. The van der Waals surface area contributed by atoms with E-state index in [1.165, 1.54) is 0 Å². The zero-order valence-corrected chi connectivity index (χ0v) is 7.48. The molecule has 0 saturated heterocycles. The standard InChI is InChI=1S/C9H15NO3/c10-7-5-1-3-6(4-2-5)8(7)13-9(11)12/h5-8H,1-4,10H2,(H,11,12). The molecule has 0 heterocycles. The second-order valence-electron chi connectivity index (χ2n) is 4.10. The Morgan fingerprint density at radius 3 is 2.23 bits per heavy atom. The van der Waals surface area contributed by atoms with Crippen molar-refractivity contribution >= 4 is 6.16 Å². The molecule has 13 heavy (non-hydrogen) atoms. The predicted molar refractivity (Wildman–Crippen MR) is 46.3 cm³/mol. The van der Waals surface area contributed by atoms with E-state index >= 15 is 0 Å². The minimum atomic E-state index is -1.19. The van der Waals surface area contributed by atoms with E-state index in [0.717, 1.165) is 25.7 Å². The summed E-state index contributed by atoms with van der Waals surface area (Å²) in [6.07, 6.45) is 3.02. The molecule has 0 aromatic rings. The zero-order valence-electron chi connectivity index (χ0n) is 7.48. The van der Waals surface area contributed by atoms with Crippen LogP contribution in [-0.2, 0) is 4.74 Å². The molecule has 4 nitrogen and oxygen atoms in total. The van der Waals surface area contributed by atoms with Crippen molar-refractivity contribution in [1.29, 1.82) is 0 Å². The van der Waals surface area contributed by atoms with E-state index in [2.05, 4.69) is 0 Å². The third-order valence-electron chi connectivity index (χ3n) is 3.44. The maximum Gasteiger partial charge on any atom is 0.506 e. The van der Waals surface area contributed by atoms with Crippen LogP contribution in [-0.4, -0.2) is 23.4 Å². The van der Waals surface area contributed by atoms with Crippen molar-refractivity contribution in [2.75, 3.05) is 0 Å². The van der Waals surface area contributed by atoms with Crippen molar-refractivity contribution < 1.29 is 14.6 Å². The van der Waals surface area contributed by atoms with Crippen molar-refractivity contribution in [2.45, 2.75) is 37.8 Å². The fourth-order valence-corrected chi connectivity index (χ4v) is 2.73. The van der Waals surface area contributed by atoms with E-state index in [1.807, 2.05) is 0 Å². The lowest BCUT2D eigenvalue weighted by atomic mass is 9.66. The van der Waals surface area contributed by atoms with Gasteiger partial charge in [0.05, 0.1) is 0 Å². The highest BCUT2D eigenvalue weighted by molar-refractivity contribution is 5.57. The molecule has 3 rings (SSSR count). The van der Waals surface area contributed by atoms with Gasteiger partial charge >= 0.3 is 6.16 Å². The van der Waals surface area contributed by atoms with Gasteiger partial charge in [-0.3, -0.25) is 0 Å². The molecule has 0 radical (unpaired) electrons. The van der Waals surface area contributed by atoms with Gasteiger partial charge in [0, 0.05) is 6.04 Å². The van der Waals surface area contributed by atoms with Gasteiger partial charge in [-0.25, -0.2) is 4.79 Å². The number of carboxylic acid groups (broad SMARTS) is 1. The van der Waals surface area contributed by atoms with Crippen LogP contribution in [0.15, 0.2) is 0 Å². The van der Waals surface area contributed by atoms with Crippen LogP contribution in [0.3, 0.4) is 0 Å². The predicted octanol–water partition coefficient (Wildman–Crippen LogP) is 1.20. The van der Waals surface area contributed by atoms with Crippen LogP contribution in [0, 0.1) is 11.8 Å². The average molecular weight is 185 g/mol. The summed E-state index contributed by atoms with van der Waals surface area (Å²) in [4.78, 5) is 10.4. The Morgan fingerprint density at radius 1 is 1.23 bits per heavy atom. The largest absolute Gasteiger partial charge is 0.506 e. The van der Waals surface area contributed by atoms with E-state index < -0.39 is 6.16 Å². The molecule has 0 spiro atoms. The summed E-state index contributed by atoms with van der Waals surface area (Å²) in [6.45, 7) is 0. The molecule has 4 heteroatoms. The molecule has 0 aromatic carbocycles. The lowest BCUT2D eigenvalue weighted by molar-refractivity contribution is -0.0472. The van der Waals surface area contributed by atoms with Gasteiger partial charge in [-0.1, -0.05) is 0 Å². The van der Waals surface area contributed by atoms with Gasteiger partial charge in [-0.15, -0.1) is 0 Å². The summed E-state index contributed by atoms with van der Waals surface area (Å²) in [5.41, 5.74) is 5.92. The molecule has 0 aromatic heterocycles. The second kappa shape index (κ2) is 3.18. The van der Waals surface area contributed by atoms with Crippen molar-refractivity contribution in [2.24, 2.45) is 17.6 Å². The molecule has 3 aliphatic rings. The van der Waals surface area contributed by atoms with Gasteiger partial charge < -0.3 is 15.6 Å². The van der Waals surface area contributed by atoms with Gasteiger partial charge in [0.1, 0.15) is 6.10 Å². The van der Waals surface area contributed by atoms with E-state index in [-0.39, 0.29) is 12.1 Å². The highest BCUT2D eigenvalue weighted by Crippen LogP contribution is 2.41. The van der Waals surface area contributed by atoms with Crippen molar-refractivity contribution in [3.05, 3.63) is 0 Å². The van der Waals surface area contributed by atoms with Crippen molar-refractivity contribution in [3.8, 4) is 0 Å². The summed E-state index contributed by atoms with van der Waals surface area (Å²) in [6, 6.07) is -0.0661. The Bertz CT molecular complexity index is 209. The maximum atomic E-state index is 10.4. The number of ether oxygens (including phenoxy) is 1. The first-order chi connectivity index (χ1) is 6.18. The first kappa shape index (κ1) is 8.81. The highest BCUT2D eigenvalue weighted by atomic mass is 16.7. The normalized spacial score (nSPS) is 43.2. The lowest BCUT2D eigenvalue weighted by Crippen LogP contribution is -2.54. The Labute approximate surface area is 77.1 Å². The van der Waals surface area contributed by atoms with Crippen LogP contribution >= 0.6 is 0 Å². The molecular weight excluding hydrogens is 170 g/mol. The molecule has 2 atom stereocenters. The minimum Gasteiger partial charge on any atom is -0.450 e. The third-order valence-corrected chi connectivity index (χ3v) is 3.44. The van der Waals surface area contributed by atoms with Crippen LogP contribution in [0.1, 0.15) is 25.7 Å². The molecule has 3 N–H and O–H groups in total. The summed E-state index contributed by atoms with van der Waals surface area (Å²) < 4.78 is 4.83. The second-order valence-corrected chi connectivity index (χ2v) is 4.10. The number of fused-ring (bicyclic) bond motifs is 3. The molecule has 0 aliphatic heterocycles. The number of hydrogen-bond acceptors (Lipinski definition) is 3. The van der Waals surface area contributed by atoms with Gasteiger partial charge in [-0.2, -0.15) is 0 Å². The first-order valence-electron chi connectivity index (χ1n) is 4.83. The molecular formula is C9H15NO3. The quantitative estimate of drug-likeness (QED) is 0.602. The fourth-order valence-electron chi connectivity index (χ4n) is 2.73. The molecule has 3 aliphatic carbocycles. The molecule has 74 valence electrons. The lowest BCUT2D eigenvalue weighted by Gasteiger charge is -2.45. The number of rotatable bonds is 1. The highest BCUT2D eigenvalue weighted by Gasteiger charge is 2.43. The molecule has 3 saturated carbocycles. The average Bonchev–Trinajstić information content (AvgIpc) is 2.11. The minimum absolute atomic E-state index is 0.0661.